The van der Waals surface area contributed by atoms with Crippen LogP contribution in [0.4, 0.5) is 5.69 Å². The molecular weight excluding hydrogens is 470 g/mol. The maximum absolute atomic E-state index is 14.4. The van der Waals surface area contributed by atoms with Crippen LogP contribution < -0.4 is 9.64 Å². The van der Waals surface area contributed by atoms with Crippen molar-refractivity contribution in [2.24, 2.45) is 5.41 Å². The molecule has 2 aliphatic heterocycles. The van der Waals surface area contributed by atoms with Crippen LogP contribution in [0, 0.1) is 28.1 Å². The molecule has 0 aliphatic carbocycles. The Morgan fingerprint density at radius 2 is 1.50 bits per heavy atom. The van der Waals surface area contributed by atoms with E-state index in [0.29, 0.717) is 22.6 Å². The number of carbonyl (C=O) groups excluding carboxylic acids is 1. The van der Waals surface area contributed by atoms with Crippen LogP contribution in [-0.2, 0) is 0 Å². The Bertz CT molecular complexity index is 1620. The van der Waals surface area contributed by atoms with Gasteiger partial charge in [-0.3, -0.25) is 4.79 Å². The molecule has 0 amide bonds. The van der Waals surface area contributed by atoms with Gasteiger partial charge in [0.25, 0.3) is 0 Å². The van der Waals surface area contributed by atoms with Gasteiger partial charge in [0.15, 0.2) is 11.2 Å². The van der Waals surface area contributed by atoms with Crippen molar-refractivity contribution in [1.82, 2.24) is 0 Å². The fourth-order valence-electron chi connectivity index (χ4n) is 5.86. The van der Waals surface area contributed by atoms with Crippen LogP contribution in [0.5, 0.6) is 11.5 Å². The minimum absolute atomic E-state index is 0.295. The monoisotopic (exact) mass is 493 g/mol. The van der Waals surface area contributed by atoms with Gasteiger partial charge in [-0.2, -0.15) is 10.5 Å². The highest BCUT2D eigenvalue weighted by molar-refractivity contribution is 6.05. The summed E-state index contributed by atoms with van der Waals surface area (Å²) >= 11 is 0. The summed E-state index contributed by atoms with van der Waals surface area (Å²) in [6.07, 6.45) is 3.85. The summed E-state index contributed by atoms with van der Waals surface area (Å²) in [4.78, 5) is 16.3. The van der Waals surface area contributed by atoms with E-state index in [1.165, 1.54) is 0 Å². The Hall–Kier alpha value is -5.13. The summed E-state index contributed by atoms with van der Waals surface area (Å²) in [5.74, 6) is 0.224. The molecule has 0 bridgehead atoms. The Morgan fingerprint density at radius 1 is 0.816 bits per heavy atom. The minimum atomic E-state index is -1.54. The lowest BCUT2D eigenvalue weighted by molar-refractivity contribution is 0.0841. The van der Waals surface area contributed by atoms with E-state index in [1.54, 1.807) is 24.3 Å². The molecule has 0 aromatic heterocycles. The normalized spacial score (nSPS) is 23.0. The van der Waals surface area contributed by atoms with Crippen LogP contribution in [0.2, 0.25) is 0 Å². The molecule has 6 rings (SSSR count). The van der Waals surface area contributed by atoms with Crippen molar-refractivity contribution in [3.63, 3.8) is 0 Å². The maximum Gasteiger partial charge on any atom is 0.186 e. The Balaban J connectivity index is 1.55. The molecule has 182 valence electrons. The van der Waals surface area contributed by atoms with Crippen LogP contribution >= 0.6 is 0 Å². The molecule has 38 heavy (non-hydrogen) atoms. The van der Waals surface area contributed by atoms with E-state index in [2.05, 4.69) is 12.1 Å². The Labute approximate surface area is 221 Å². The number of ketones is 1. The molecule has 0 N–H and O–H groups in total. The van der Waals surface area contributed by atoms with Gasteiger partial charge in [0.2, 0.25) is 0 Å². The van der Waals surface area contributed by atoms with Crippen molar-refractivity contribution in [3.05, 3.63) is 132 Å². The first-order chi connectivity index (χ1) is 18.7. The molecule has 2 heterocycles. The number of para-hydroxylation sites is 2. The zero-order chi connectivity index (χ0) is 26.1. The average molecular weight is 494 g/mol. The first-order valence-electron chi connectivity index (χ1n) is 12.5. The van der Waals surface area contributed by atoms with Gasteiger partial charge in [-0.25, -0.2) is 0 Å². The zero-order valence-corrected chi connectivity index (χ0v) is 20.4. The van der Waals surface area contributed by atoms with E-state index < -0.39 is 23.4 Å². The third kappa shape index (κ3) is 3.57. The number of hydrogen-bond acceptors (Lipinski definition) is 5. The van der Waals surface area contributed by atoms with Crippen molar-refractivity contribution < 1.29 is 9.53 Å². The summed E-state index contributed by atoms with van der Waals surface area (Å²) in [6, 6.07) is 37.0. The molecule has 5 nitrogen and oxygen atoms in total. The number of anilines is 1. The van der Waals surface area contributed by atoms with Crippen LogP contribution in [-0.4, -0.2) is 17.9 Å². The van der Waals surface area contributed by atoms with Gasteiger partial charge in [-0.05, 0) is 41.5 Å². The summed E-state index contributed by atoms with van der Waals surface area (Å²) in [5.41, 5.74) is 1.39. The molecule has 1 saturated heterocycles. The number of nitriles is 2. The SMILES string of the molecule is N#C[C@@H]1[C@H](c2cccc(Oc3ccccc3)c2)[C@@](C#N)(C(=O)c2ccccc2)[C@H]2C=Cc3ccccc3N12. The van der Waals surface area contributed by atoms with Gasteiger partial charge >= 0.3 is 0 Å². The van der Waals surface area contributed by atoms with Crippen LogP contribution in [0.25, 0.3) is 6.08 Å². The van der Waals surface area contributed by atoms with Crippen LogP contribution in [0.15, 0.2) is 115 Å². The number of Topliss-reactive ketones (excluding diaryl/α,β-unsaturated/α-hetero) is 1. The van der Waals surface area contributed by atoms with Crippen molar-refractivity contribution in [2.75, 3.05) is 4.90 Å². The molecule has 4 aromatic carbocycles. The number of benzene rings is 4. The molecule has 0 saturated carbocycles. The lowest BCUT2D eigenvalue weighted by Crippen LogP contribution is -2.45. The lowest BCUT2D eigenvalue weighted by atomic mass is 9.65. The van der Waals surface area contributed by atoms with Crippen molar-refractivity contribution in [2.45, 2.75) is 18.0 Å². The quantitative estimate of drug-likeness (QED) is 0.287. The molecule has 4 atom stereocenters. The summed E-state index contributed by atoms with van der Waals surface area (Å²) < 4.78 is 6.09. The average Bonchev–Trinajstić information content (AvgIpc) is 3.29. The van der Waals surface area contributed by atoms with E-state index in [9.17, 15) is 15.3 Å². The fraction of sp³-hybridized carbons (Fsp3) is 0.121. The highest BCUT2D eigenvalue weighted by Gasteiger charge is 2.64. The van der Waals surface area contributed by atoms with Crippen molar-refractivity contribution >= 4 is 17.5 Å². The maximum atomic E-state index is 14.4. The van der Waals surface area contributed by atoms with Gasteiger partial charge in [0.05, 0.1) is 18.2 Å². The second-order valence-electron chi connectivity index (χ2n) is 9.49. The summed E-state index contributed by atoms with van der Waals surface area (Å²) in [5, 5.41) is 21.5. The standard InChI is InChI=1S/C33H23N3O2/c34-21-29-31(25-13-9-16-27(20-25)38-26-14-5-2-6-15-26)33(22-35,32(37)24-11-3-1-4-12-24)30-19-18-23-10-7-8-17-28(23)36(29)30/h1-20,29-31H/t29-,30-,31+,33+/m1/s1. The van der Waals surface area contributed by atoms with E-state index in [-0.39, 0.29) is 5.78 Å². The first kappa shape index (κ1) is 23.3. The van der Waals surface area contributed by atoms with Gasteiger partial charge in [-0.1, -0.05) is 91.0 Å². The summed E-state index contributed by atoms with van der Waals surface area (Å²) in [6.45, 7) is 0. The number of rotatable bonds is 5. The fourth-order valence-corrected chi connectivity index (χ4v) is 5.86. The van der Waals surface area contributed by atoms with Gasteiger partial charge in [0, 0.05) is 17.2 Å². The first-order valence-corrected chi connectivity index (χ1v) is 12.5. The number of hydrogen-bond donors (Lipinski definition) is 0. The molecule has 2 aliphatic rings. The van der Waals surface area contributed by atoms with Crippen LogP contribution in [0.3, 0.4) is 0 Å². The minimum Gasteiger partial charge on any atom is -0.457 e. The molecule has 0 radical (unpaired) electrons. The van der Waals surface area contributed by atoms with E-state index in [0.717, 1.165) is 11.3 Å². The van der Waals surface area contributed by atoms with Gasteiger partial charge < -0.3 is 9.64 Å². The Kier molecular flexibility index (Phi) is 5.75. The number of fused-ring (bicyclic) bond motifs is 3. The number of carbonyl (C=O) groups is 1. The summed E-state index contributed by atoms with van der Waals surface area (Å²) in [7, 11) is 0. The van der Waals surface area contributed by atoms with Gasteiger partial charge in [0.1, 0.15) is 17.5 Å². The molecule has 0 spiro atoms. The van der Waals surface area contributed by atoms with E-state index in [4.69, 9.17) is 4.74 Å². The molecular formula is C33H23N3O2. The van der Waals surface area contributed by atoms with Crippen molar-refractivity contribution in [1.29, 1.82) is 10.5 Å². The lowest BCUT2D eigenvalue weighted by Gasteiger charge is -2.35. The molecule has 4 aromatic rings. The highest BCUT2D eigenvalue weighted by atomic mass is 16.5. The second kappa shape index (κ2) is 9.39. The van der Waals surface area contributed by atoms with Crippen LogP contribution in [0.1, 0.15) is 27.4 Å². The molecule has 1 fully saturated rings. The van der Waals surface area contributed by atoms with E-state index in [1.807, 2.05) is 102 Å². The second-order valence-corrected chi connectivity index (χ2v) is 9.49. The number of ether oxygens (including phenoxy) is 1. The number of nitrogens with zero attached hydrogens (tertiary/aromatic N) is 3. The van der Waals surface area contributed by atoms with E-state index >= 15 is 0 Å². The molecule has 0 unspecified atom stereocenters. The predicted molar refractivity (Wildman–Crippen MR) is 146 cm³/mol. The molecule has 5 heteroatoms. The largest absolute Gasteiger partial charge is 0.457 e. The zero-order valence-electron chi connectivity index (χ0n) is 20.4. The third-order valence-electron chi connectivity index (χ3n) is 7.47. The smallest absolute Gasteiger partial charge is 0.186 e. The third-order valence-corrected chi connectivity index (χ3v) is 7.47. The topological polar surface area (TPSA) is 77.1 Å². The predicted octanol–water partition coefficient (Wildman–Crippen LogP) is 6.76. The van der Waals surface area contributed by atoms with Gasteiger partial charge in [-0.15, -0.1) is 0 Å². The van der Waals surface area contributed by atoms with Crippen molar-refractivity contribution in [3.8, 4) is 23.6 Å². The highest BCUT2D eigenvalue weighted by Crippen LogP contribution is 2.56. The Morgan fingerprint density at radius 3 is 2.24 bits per heavy atom.